The summed E-state index contributed by atoms with van der Waals surface area (Å²) in [5.74, 6) is -0.295. The van der Waals surface area contributed by atoms with Gasteiger partial charge in [-0.2, -0.15) is 0 Å². The number of rotatable bonds is 7. The van der Waals surface area contributed by atoms with E-state index in [9.17, 15) is 19.2 Å². The molecule has 1 aliphatic rings. The maximum absolute atomic E-state index is 12.3. The van der Waals surface area contributed by atoms with Crippen molar-refractivity contribution in [3.8, 4) is 0 Å². The molecule has 0 unspecified atom stereocenters. The van der Waals surface area contributed by atoms with E-state index in [0.717, 1.165) is 5.56 Å². The van der Waals surface area contributed by atoms with Gasteiger partial charge in [0.15, 0.2) is 5.75 Å². The lowest BCUT2D eigenvalue weighted by molar-refractivity contribution is -0.133. The van der Waals surface area contributed by atoms with Gasteiger partial charge in [-0.25, -0.2) is 9.59 Å². The van der Waals surface area contributed by atoms with Gasteiger partial charge in [0.25, 0.3) is 5.91 Å². The number of hydrogen-bond acceptors (Lipinski definition) is 6. The third kappa shape index (κ3) is 7.25. The zero-order valence-corrected chi connectivity index (χ0v) is 18.3. The minimum absolute atomic E-state index is 0.0107. The van der Waals surface area contributed by atoms with Gasteiger partial charge in [-0.3, -0.25) is 9.59 Å². The van der Waals surface area contributed by atoms with Crippen molar-refractivity contribution in [1.82, 2.24) is 15.1 Å². The molecule has 3 amide bonds. The molecule has 0 spiro atoms. The lowest BCUT2D eigenvalue weighted by atomic mass is 10.1. The van der Waals surface area contributed by atoms with E-state index >= 15 is 0 Å². The standard InChI is InChI=1S/C20H27N3O6S/c1-28-19(26)16-6-4-15(5-7-16)13-29-20(27)23-10-8-22(9-11-23)18(25)12-21-17(24)14-30(2)3/h4-7H,8-14H2,1-3H3/p+1. The number of amides is 3. The van der Waals surface area contributed by atoms with Gasteiger partial charge >= 0.3 is 12.1 Å². The highest BCUT2D eigenvalue weighted by Gasteiger charge is 2.25. The molecular formula is C20H28N3O6S+. The van der Waals surface area contributed by atoms with Crippen LogP contribution < -0.4 is 5.32 Å². The highest BCUT2D eigenvalue weighted by molar-refractivity contribution is 7.96. The fraction of sp³-hybridized carbons (Fsp3) is 0.500. The molecule has 10 heteroatoms. The quantitative estimate of drug-likeness (QED) is 0.483. The topological polar surface area (TPSA) is 105 Å². The van der Waals surface area contributed by atoms with Crippen LogP contribution in [0.25, 0.3) is 0 Å². The number of hydrogen-bond donors (Lipinski definition) is 1. The van der Waals surface area contributed by atoms with Crippen LogP contribution >= 0.6 is 0 Å². The first-order chi connectivity index (χ1) is 14.3. The summed E-state index contributed by atoms with van der Waals surface area (Å²) in [6, 6.07) is 6.62. The molecule has 1 saturated heterocycles. The van der Waals surface area contributed by atoms with Gasteiger partial charge in [0.2, 0.25) is 5.91 Å². The summed E-state index contributed by atoms with van der Waals surface area (Å²) in [5, 5.41) is 2.64. The van der Waals surface area contributed by atoms with E-state index in [1.165, 1.54) is 7.11 Å². The normalized spacial score (nSPS) is 13.7. The first kappa shape index (κ1) is 23.5. The molecule has 1 aromatic carbocycles. The summed E-state index contributed by atoms with van der Waals surface area (Å²) in [7, 11) is 1.30. The molecule has 30 heavy (non-hydrogen) atoms. The van der Waals surface area contributed by atoms with Gasteiger partial charge in [-0.15, -0.1) is 0 Å². The molecule has 9 nitrogen and oxygen atoms in total. The molecule has 1 aromatic rings. The molecule has 1 heterocycles. The SMILES string of the molecule is COC(=O)c1ccc(COC(=O)N2CCN(C(=O)CNC(=O)C[S+](C)C)CC2)cc1. The van der Waals surface area contributed by atoms with Gasteiger partial charge < -0.3 is 24.6 Å². The van der Waals surface area contributed by atoms with Crippen molar-refractivity contribution < 1.29 is 28.7 Å². The van der Waals surface area contributed by atoms with E-state index in [1.807, 2.05) is 12.5 Å². The lowest BCUT2D eigenvalue weighted by Gasteiger charge is -2.34. The molecule has 1 fully saturated rings. The number of methoxy groups -OCH3 is 1. The minimum Gasteiger partial charge on any atom is -0.465 e. The van der Waals surface area contributed by atoms with Gasteiger partial charge in [-0.1, -0.05) is 12.1 Å². The Morgan fingerprint density at radius 2 is 1.60 bits per heavy atom. The third-order valence-electron chi connectivity index (χ3n) is 4.48. The summed E-state index contributed by atoms with van der Waals surface area (Å²) >= 11 is 0. The number of ether oxygens (including phenoxy) is 2. The summed E-state index contributed by atoms with van der Waals surface area (Å²) < 4.78 is 9.96. The summed E-state index contributed by atoms with van der Waals surface area (Å²) in [5.41, 5.74) is 1.18. The van der Waals surface area contributed by atoms with E-state index < -0.39 is 12.1 Å². The fourth-order valence-corrected chi connectivity index (χ4v) is 3.46. The molecule has 2 rings (SSSR count). The zero-order chi connectivity index (χ0) is 22.1. The Hall–Kier alpha value is -2.75. The lowest BCUT2D eigenvalue weighted by Crippen LogP contribution is -2.52. The van der Waals surface area contributed by atoms with Gasteiger partial charge in [0, 0.05) is 26.2 Å². The third-order valence-corrected chi connectivity index (χ3v) is 5.32. The van der Waals surface area contributed by atoms with E-state index in [1.54, 1.807) is 34.1 Å². The number of carbonyl (C=O) groups excluding carboxylic acids is 4. The Balaban J connectivity index is 1.71. The van der Waals surface area contributed by atoms with Crippen LogP contribution in [0.1, 0.15) is 15.9 Å². The average Bonchev–Trinajstić information content (AvgIpc) is 2.75. The van der Waals surface area contributed by atoms with Crippen LogP contribution in [0.5, 0.6) is 0 Å². The van der Waals surface area contributed by atoms with E-state index in [0.29, 0.717) is 37.5 Å². The highest BCUT2D eigenvalue weighted by atomic mass is 32.2. The van der Waals surface area contributed by atoms with Crippen molar-refractivity contribution >= 4 is 34.8 Å². The molecule has 0 aromatic heterocycles. The van der Waals surface area contributed by atoms with Crippen LogP contribution in [0.15, 0.2) is 24.3 Å². The second kappa shape index (κ2) is 11.4. The van der Waals surface area contributed by atoms with Crippen molar-refractivity contribution in [2.24, 2.45) is 0 Å². The predicted octanol–water partition coefficient (Wildman–Crippen LogP) is 0.248. The molecule has 1 aliphatic heterocycles. The first-order valence-corrected chi connectivity index (χ1v) is 11.7. The minimum atomic E-state index is -0.453. The van der Waals surface area contributed by atoms with E-state index in [4.69, 9.17) is 4.74 Å². The zero-order valence-electron chi connectivity index (χ0n) is 17.5. The van der Waals surface area contributed by atoms with Crippen LogP contribution in [0.2, 0.25) is 0 Å². The van der Waals surface area contributed by atoms with Crippen LogP contribution in [0, 0.1) is 0 Å². The molecule has 0 aliphatic carbocycles. The number of piperazine rings is 1. The maximum Gasteiger partial charge on any atom is 0.410 e. The van der Waals surface area contributed by atoms with Crippen molar-refractivity contribution in [3.05, 3.63) is 35.4 Å². The smallest absolute Gasteiger partial charge is 0.410 e. The monoisotopic (exact) mass is 438 g/mol. The summed E-state index contributed by atoms with van der Waals surface area (Å²) in [6.45, 7) is 1.58. The average molecular weight is 439 g/mol. The molecular weight excluding hydrogens is 410 g/mol. The van der Waals surface area contributed by atoms with E-state index in [2.05, 4.69) is 10.1 Å². The van der Waals surface area contributed by atoms with Crippen LogP contribution in [-0.4, -0.2) is 91.8 Å². The Kier molecular flexibility index (Phi) is 8.97. The van der Waals surface area contributed by atoms with Gasteiger partial charge in [0.1, 0.15) is 6.61 Å². The second-order valence-electron chi connectivity index (χ2n) is 7.02. The molecule has 1 N–H and O–H groups in total. The Morgan fingerprint density at radius 3 is 2.17 bits per heavy atom. The Morgan fingerprint density at radius 1 is 1.00 bits per heavy atom. The van der Waals surface area contributed by atoms with Crippen LogP contribution in [-0.2, 0) is 36.6 Å². The Labute approximate surface area is 179 Å². The largest absolute Gasteiger partial charge is 0.465 e. The van der Waals surface area contributed by atoms with Crippen molar-refractivity contribution in [3.63, 3.8) is 0 Å². The molecule has 0 radical (unpaired) electrons. The highest BCUT2D eigenvalue weighted by Crippen LogP contribution is 2.09. The molecule has 0 atom stereocenters. The second-order valence-corrected chi connectivity index (χ2v) is 9.28. The maximum atomic E-state index is 12.3. The van der Waals surface area contributed by atoms with Crippen molar-refractivity contribution in [2.45, 2.75) is 6.61 Å². The van der Waals surface area contributed by atoms with Crippen LogP contribution in [0.4, 0.5) is 4.79 Å². The predicted molar refractivity (Wildman–Crippen MR) is 113 cm³/mol. The van der Waals surface area contributed by atoms with E-state index in [-0.39, 0.29) is 35.9 Å². The van der Waals surface area contributed by atoms with Gasteiger partial charge in [0.05, 0.1) is 31.7 Å². The van der Waals surface area contributed by atoms with Crippen molar-refractivity contribution in [1.29, 1.82) is 0 Å². The van der Waals surface area contributed by atoms with Crippen molar-refractivity contribution in [2.75, 3.05) is 58.1 Å². The van der Waals surface area contributed by atoms with Gasteiger partial charge in [-0.05, 0) is 28.6 Å². The molecule has 164 valence electrons. The number of benzene rings is 1. The number of nitrogens with zero attached hydrogens (tertiary/aromatic N) is 2. The summed E-state index contributed by atoms with van der Waals surface area (Å²) in [4.78, 5) is 50.8. The van der Waals surface area contributed by atoms with Crippen LogP contribution in [0.3, 0.4) is 0 Å². The fourth-order valence-electron chi connectivity index (χ4n) is 2.83. The summed E-state index contributed by atoms with van der Waals surface area (Å²) in [6.07, 6.45) is 3.49. The number of carbonyl (C=O) groups is 4. The Bertz CT molecular complexity index is 760. The number of nitrogens with one attached hydrogen (secondary N) is 1. The molecule has 0 bridgehead atoms. The first-order valence-electron chi connectivity index (χ1n) is 9.47. The molecule has 0 saturated carbocycles. The number of esters is 1.